The van der Waals surface area contributed by atoms with Crippen LogP contribution in [0.5, 0.6) is 0 Å². The van der Waals surface area contributed by atoms with E-state index in [1.165, 1.54) is 0 Å². The van der Waals surface area contributed by atoms with Crippen molar-refractivity contribution in [2.45, 2.75) is 31.7 Å². The van der Waals surface area contributed by atoms with Crippen molar-refractivity contribution in [1.29, 1.82) is 0 Å². The van der Waals surface area contributed by atoms with Gasteiger partial charge in [-0.05, 0) is 19.3 Å². The number of nitrogens with zero attached hydrogens (tertiary/aromatic N) is 2. The fraction of sp³-hybridized carbons (Fsp3) is 0.667. The number of piperidine rings is 1. The summed E-state index contributed by atoms with van der Waals surface area (Å²) in [5.74, 6) is 0.232. The van der Waals surface area contributed by atoms with Crippen LogP contribution in [0.2, 0.25) is 0 Å². The summed E-state index contributed by atoms with van der Waals surface area (Å²) in [5.41, 5.74) is 0. The molecule has 2 saturated heterocycles. The van der Waals surface area contributed by atoms with Crippen LogP contribution < -0.4 is 0 Å². The lowest BCUT2D eigenvalue weighted by Gasteiger charge is -2.34. The van der Waals surface area contributed by atoms with Crippen LogP contribution in [0.15, 0.2) is 12.7 Å². The quantitative estimate of drug-likeness (QED) is 0.648. The SMILES string of the molecule is C=CCN1CCC(=O)N2CCCCC2C1=O. The van der Waals surface area contributed by atoms with Crippen molar-refractivity contribution in [2.24, 2.45) is 0 Å². The van der Waals surface area contributed by atoms with Gasteiger partial charge < -0.3 is 9.80 Å². The first-order valence-corrected chi connectivity index (χ1v) is 5.93. The highest BCUT2D eigenvalue weighted by atomic mass is 16.2. The molecule has 0 aromatic rings. The van der Waals surface area contributed by atoms with E-state index in [1.54, 1.807) is 15.9 Å². The Bertz CT molecular complexity index is 314. The maximum absolute atomic E-state index is 12.2. The number of hydrogen-bond acceptors (Lipinski definition) is 2. The van der Waals surface area contributed by atoms with Crippen molar-refractivity contribution in [3.8, 4) is 0 Å². The maximum atomic E-state index is 12.2. The standard InChI is InChI=1S/C12H18N2O2/c1-2-7-13-9-6-11(15)14-8-4-3-5-10(14)12(13)16/h2,10H,1,3-9H2. The van der Waals surface area contributed by atoms with Crippen molar-refractivity contribution in [3.05, 3.63) is 12.7 Å². The predicted molar refractivity (Wildman–Crippen MR) is 60.7 cm³/mol. The van der Waals surface area contributed by atoms with Gasteiger partial charge in [-0.25, -0.2) is 0 Å². The van der Waals surface area contributed by atoms with Gasteiger partial charge in [0.25, 0.3) is 0 Å². The van der Waals surface area contributed by atoms with Crippen LogP contribution in [0.3, 0.4) is 0 Å². The average molecular weight is 222 g/mol. The molecule has 0 N–H and O–H groups in total. The van der Waals surface area contributed by atoms with Gasteiger partial charge in [-0.2, -0.15) is 0 Å². The van der Waals surface area contributed by atoms with Crippen LogP contribution in [-0.2, 0) is 9.59 Å². The van der Waals surface area contributed by atoms with E-state index in [2.05, 4.69) is 6.58 Å². The fourth-order valence-corrected chi connectivity index (χ4v) is 2.52. The van der Waals surface area contributed by atoms with Gasteiger partial charge in [0.2, 0.25) is 11.8 Å². The smallest absolute Gasteiger partial charge is 0.245 e. The summed E-state index contributed by atoms with van der Waals surface area (Å²) in [6.07, 6.45) is 5.06. The monoisotopic (exact) mass is 222 g/mol. The van der Waals surface area contributed by atoms with E-state index >= 15 is 0 Å². The molecule has 0 aliphatic carbocycles. The van der Waals surface area contributed by atoms with E-state index in [9.17, 15) is 9.59 Å². The summed E-state index contributed by atoms with van der Waals surface area (Å²) in [7, 11) is 0. The fourth-order valence-electron chi connectivity index (χ4n) is 2.52. The summed E-state index contributed by atoms with van der Waals surface area (Å²) < 4.78 is 0. The van der Waals surface area contributed by atoms with Crippen LogP contribution in [0, 0.1) is 0 Å². The Kier molecular flexibility index (Phi) is 3.27. The highest BCUT2D eigenvalue weighted by Crippen LogP contribution is 2.22. The first-order valence-electron chi connectivity index (χ1n) is 5.93. The molecule has 2 aliphatic rings. The topological polar surface area (TPSA) is 40.6 Å². The molecule has 0 bridgehead atoms. The van der Waals surface area contributed by atoms with Crippen molar-refractivity contribution in [3.63, 3.8) is 0 Å². The summed E-state index contributed by atoms with van der Waals surface area (Å²) in [6, 6.07) is -0.205. The van der Waals surface area contributed by atoms with E-state index in [-0.39, 0.29) is 17.9 Å². The molecule has 1 atom stereocenters. The Balaban J connectivity index is 2.18. The Morgan fingerprint density at radius 1 is 1.31 bits per heavy atom. The van der Waals surface area contributed by atoms with E-state index in [0.29, 0.717) is 19.5 Å². The number of carbonyl (C=O) groups excluding carboxylic acids is 2. The van der Waals surface area contributed by atoms with Crippen molar-refractivity contribution in [1.82, 2.24) is 9.80 Å². The molecule has 0 aromatic heterocycles. The Morgan fingerprint density at radius 2 is 2.12 bits per heavy atom. The number of fused-ring (bicyclic) bond motifs is 1. The van der Waals surface area contributed by atoms with Gasteiger partial charge in [-0.15, -0.1) is 6.58 Å². The average Bonchev–Trinajstić information content (AvgIpc) is 2.43. The summed E-state index contributed by atoms with van der Waals surface area (Å²) in [5, 5.41) is 0. The lowest BCUT2D eigenvalue weighted by atomic mass is 10.0. The van der Waals surface area contributed by atoms with Crippen LogP contribution in [0.1, 0.15) is 25.7 Å². The summed E-state index contributed by atoms with van der Waals surface area (Å²) in [4.78, 5) is 27.6. The Hall–Kier alpha value is -1.32. The molecule has 16 heavy (non-hydrogen) atoms. The normalized spacial score (nSPS) is 26.4. The van der Waals surface area contributed by atoms with Gasteiger partial charge in [0.15, 0.2) is 0 Å². The molecular weight excluding hydrogens is 204 g/mol. The molecule has 4 nitrogen and oxygen atoms in total. The number of carbonyl (C=O) groups is 2. The van der Waals surface area contributed by atoms with E-state index in [0.717, 1.165) is 25.8 Å². The molecule has 2 amide bonds. The second kappa shape index (κ2) is 4.68. The maximum Gasteiger partial charge on any atom is 0.245 e. The minimum atomic E-state index is -0.205. The highest BCUT2D eigenvalue weighted by molar-refractivity contribution is 5.90. The summed E-state index contributed by atoms with van der Waals surface area (Å²) >= 11 is 0. The third-order valence-corrected chi connectivity index (χ3v) is 3.36. The molecule has 0 saturated carbocycles. The van der Waals surface area contributed by atoms with Gasteiger partial charge in [0.05, 0.1) is 0 Å². The first kappa shape index (κ1) is 11.2. The first-order chi connectivity index (χ1) is 7.74. The van der Waals surface area contributed by atoms with Gasteiger partial charge in [0, 0.05) is 26.1 Å². The second-order valence-corrected chi connectivity index (χ2v) is 4.42. The van der Waals surface area contributed by atoms with E-state index in [4.69, 9.17) is 0 Å². The highest BCUT2D eigenvalue weighted by Gasteiger charge is 2.36. The largest absolute Gasteiger partial charge is 0.337 e. The predicted octanol–water partition coefficient (Wildman–Crippen LogP) is 0.786. The molecule has 0 radical (unpaired) electrons. The molecule has 2 aliphatic heterocycles. The Morgan fingerprint density at radius 3 is 2.88 bits per heavy atom. The van der Waals surface area contributed by atoms with Gasteiger partial charge in [-0.1, -0.05) is 6.08 Å². The lowest BCUT2D eigenvalue weighted by molar-refractivity contribution is -0.142. The van der Waals surface area contributed by atoms with Gasteiger partial charge in [-0.3, -0.25) is 9.59 Å². The number of hydrogen-bond donors (Lipinski definition) is 0. The molecule has 2 fully saturated rings. The van der Waals surface area contributed by atoms with Crippen LogP contribution in [0.4, 0.5) is 0 Å². The Labute approximate surface area is 95.9 Å². The second-order valence-electron chi connectivity index (χ2n) is 4.42. The molecule has 0 aromatic carbocycles. The summed E-state index contributed by atoms with van der Waals surface area (Å²) in [6.45, 7) is 5.49. The lowest BCUT2D eigenvalue weighted by Crippen LogP contribution is -2.49. The molecule has 1 unspecified atom stereocenters. The van der Waals surface area contributed by atoms with Gasteiger partial charge in [0.1, 0.15) is 6.04 Å². The van der Waals surface area contributed by atoms with Gasteiger partial charge >= 0.3 is 0 Å². The molecule has 2 heterocycles. The third kappa shape index (κ3) is 1.96. The molecule has 2 rings (SSSR count). The molecule has 88 valence electrons. The van der Waals surface area contributed by atoms with Crippen molar-refractivity contribution >= 4 is 11.8 Å². The zero-order chi connectivity index (χ0) is 11.5. The van der Waals surface area contributed by atoms with Crippen LogP contribution in [-0.4, -0.2) is 47.3 Å². The third-order valence-electron chi connectivity index (χ3n) is 3.36. The van der Waals surface area contributed by atoms with Crippen LogP contribution >= 0.6 is 0 Å². The minimum Gasteiger partial charge on any atom is -0.337 e. The minimum absolute atomic E-state index is 0.102. The number of rotatable bonds is 2. The zero-order valence-electron chi connectivity index (χ0n) is 9.52. The zero-order valence-corrected chi connectivity index (χ0v) is 9.52. The van der Waals surface area contributed by atoms with Crippen molar-refractivity contribution in [2.75, 3.05) is 19.6 Å². The van der Waals surface area contributed by atoms with Crippen LogP contribution in [0.25, 0.3) is 0 Å². The van der Waals surface area contributed by atoms with Crippen molar-refractivity contribution < 1.29 is 9.59 Å². The molecule has 4 heteroatoms. The number of amides is 2. The molecule has 0 spiro atoms. The van der Waals surface area contributed by atoms with E-state index < -0.39 is 0 Å². The van der Waals surface area contributed by atoms with E-state index in [1.807, 2.05) is 0 Å². The molecular formula is C12H18N2O2.